The molecule has 0 bridgehead atoms. The minimum Gasteiger partial charge on any atom is -0.272 e. The van der Waals surface area contributed by atoms with Crippen molar-refractivity contribution in [3.05, 3.63) is 35.9 Å². The van der Waals surface area contributed by atoms with Gasteiger partial charge in [-0.05, 0) is 24.8 Å². The molecule has 1 amide bonds. The molecule has 0 heterocycles. The van der Waals surface area contributed by atoms with Crippen LogP contribution in [-0.2, 0) is 11.2 Å². The summed E-state index contributed by atoms with van der Waals surface area (Å²) in [5, 5.41) is 0.352. The molecule has 0 atom stereocenters. The largest absolute Gasteiger partial charge is 0.272 e. The molecule has 18 heavy (non-hydrogen) atoms. The van der Waals surface area contributed by atoms with Gasteiger partial charge in [-0.1, -0.05) is 55.6 Å². The molecule has 0 spiro atoms. The fourth-order valence-electron chi connectivity index (χ4n) is 1.69. The van der Waals surface area contributed by atoms with E-state index in [1.165, 1.54) is 5.56 Å². The van der Waals surface area contributed by atoms with E-state index in [1.54, 1.807) is 20.8 Å². The molecule has 1 aromatic rings. The summed E-state index contributed by atoms with van der Waals surface area (Å²) in [6.45, 7) is 5.37. The first kappa shape index (κ1) is 14.7. The van der Waals surface area contributed by atoms with E-state index in [0.717, 1.165) is 12.8 Å². The summed E-state index contributed by atoms with van der Waals surface area (Å²) in [5.41, 5.74) is 0.610. The molecular formula is C15H22FNO. The van der Waals surface area contributed by atoms with E-state index < -0.39 is 11.3 Å². The summed E-state index contributed by atoms with van der Waals surface area (Å²) in [6.07, 6.45) is 2.51. The lowest BCUT2D eigenvalue weighted by atomic mass is 9.95. The predicted octanol–water partition coefficient (Wildman–Crippen LogP) is 3.77. The first-order valence-electron chi connectivity index (χ1n) is 6.43. The van der Waals surface area contributed by atoms with Crippen molar-refractivity contribution in [2.24, 2.45) is 5.41 Å². The molecule has 0 unspecified atom stereocenters. The van der Waals surface area contributed by atoms with Crippen LogP contribution < -0.4 is 0 Å². The van der Waals surface area contributed by atoms with Gasteiger partial charge in [0.05, 0.1) is 6.54 Å². The maximum absolute atomic E-state index is 13.5. The predicted molar refractivity (Wildman–Crippen MR) is 71.7 cm³/mol. The van der Waals surface area contributed by atoms with Crippen LogP contribution in [-0.4, -0.2) is 17.6 Å². The van der Waals surface area contributed by atoms with Crippen LogP contribution in [0.15, 0.2) is 30.3 Å². The molecule has 0 aliphatic heterocycles. The Morgan fingerprint density at radius 2 is 1.78 bits per heavy atom. The van der Waals surface area contributed by atoms with Crippen LogP contribution in [0.4, 0.5) is 4.48 Å². The Morgan fingerprint density at radius 1 is 1.17 bits per heavy atom. The van der Waals surface area contributed by atoms with E-state index in [1.807, 2.05) is 18.2 Å². The van der Waals surface area contributed by atoms with Crippen LogP contribution in [0.5, 0.6) is 0 Å². The Labute approximate surface area is 109 Å². The molecule has 100 valence electrons. The van der Waals surface area contributed by atoms with Gasteiger partial charge < -0.3 is 0 Å². The van der Waals surface area contributed by atoms with Crippen LogP contribution in [0.1, 0.15) is 39.2 Å². The quantitative estimate of drug-likeness (QED) is 0.576. The van der Waals surface area contributed by atoms with Crippen molar-refractivity contribution in [2.45, 2.75) is 40.0 Å². The lowest BCUT2D eigenvalue weighted by molar-refractivity contribution is -0.155. The highest BCUT2D eigenvalue weighted by atomic mass is 19.2. The normalized spacial score (nSPS) is 11.3. The molecule has 0 aliphatic carbocycles. The highest BCUT2D eigenvalue weighted by molar-refractivity contribution is 5.80. The summed E-state index contributed by atoms with van der Waals surface area (Å²) in [5.74, 6) is -0.442. The molecule has 0 N–H and O–H groups in total. The van der Waals surface area contributed by atoms with Gasteiger partial charge in [-0.2, -0.15) is 5.12 Å². The Hall–Kier alpha value is -1.38. The molecule has 1 aromatic carbocycles. The Morgan fingerprint density at radius 3 is 2.33 bits per heavy atom. The van der Waals surface area contributed by atoms with E-state index in [4.69, 9.17) is 0 Å². The van der Waals surface area contributed by atoms with E-state index in [9.17, 15) is 9.28 Å². The number of carbonyl (C=O) groups excluding carboxylic acids is 1. The maximum Gasteiger partial charge on any atom is 0.255 e. The average Bonchev–Trinajstić information content (AvgIpc) is 2.33. The van der Waals surface area contributed by atoms with Gasteiger partial charge >= 0.3 is 0 Å². The number of amides is 1. The molecule has 0 aliphatic rings. The number of halogens is 1. The van der Waals surface area contributed by atoms with E-state index in [2.05, 4.69) is 12.1 Å². The molecule has 1 rings (SSSR count). The second-order valence-electron chi connectivity index (χ2n) is 5.58. The minimum absolute atomic E-state index is 0.183. The second kappa shape index (κ2) is 6.53. The zero-order chi connectivity index (χ0) is 13.6. The van der Waals surface area contributed by atoms with E-state index >= 15 is 0 Å². The zero-order valence-corrected chi connectivity index (χ0v) is 11.4. The Bertz CT molecular complexity index is 370. The average molecular weight is 251 g/mol. The molecule has 2 nitrogen and oxygen atoms in total. The van der Waals surface area contributed by atoms with E-state index in [0.29, 0.717) is 11.5 Å². The molecular weight excluding hydrogens is 229 g/mol. The number of benzene rings is 1. The van der Waals surface area contributed by atoms with Gasteiger partial charge in [-0.15, -0.1) is 0 Å². The van der Waals surface area contributed by atoms with Crippen molar-refractivity contribution >= 4 is 5.91 Å². The minimum atomic E-state index is -0.645. The van der Waals surface area contributed by atoms with Crippen LogP contribution in [0.2, 0.25) is 0 Å². The number of unbranched alkanes of at least 4 members (excludes halogenated alkanes) is 1. The summed E-state index contributed by atoms with van der Waals surface area (Å²) in [6, 6.07) is 10.1. The lowest BCUT2D eigenvalue weighted by Gasteiger charge is -2.21. The van der Waals surface area contributed by atoms with Gasteiger partial charge in [0.1, 0.15) is 0 Å². The summed E-state index contributed by atoms with van der Waals surface area (Å²) in [4.78, 5) is 11.6. The number of nitrogens with zero attached hydrogens (tertiary/aromatic N) is 1. The highest BCUT2D eigenvalue weighted by Crippen LogP contribution is 2.18. The number of hydrogen-bond acceptors (Lipinski definition) is 1. The van der Waals surface area contributed by atoms with Crippen LogP contribution in [0.3, 0.4) is 0 Å². The monoisotopic (exact) mass is 251 g/mol. The van der Waals surface area contributed by atoms with Crippen molar-refractivity contribution in [3.63, 3.8) is 0 Å². The first-order valence-corrected chi connectivity index (χ1v) is 6.43. The molecule has 0 saturated carbocycles. The highest BCUT2D eigenvalue weighted by Gasteiger charge is 2.27. The van der Waals surface area contributed by atoms with Gasteiger partial charge in [0.25, 0.3) is 5.91 Å². The van der Waals surface area contributed by atoms with Gasteiger partial charge in [0.2, 0.25) is 0 Å². The fourth-order valence-corrected chi connectivity index (χ4v) is 1.69. The van der Waals surface area contributed by atoms with Gasteiger partial charge in [0.15, 0.2) is 0 Å². The maximum atomic E-state index is 13.5. The summed E-state index contributed by atoms with van der Waals surface area (Å²) >= 11 is 0. The SMILES string of the molecule is CC(C)(C)C(=O)N(F)CCCCc1ccccc1. The molecule has 0 saturated heterocycles. The van der Waals surface area contributed by atoms with Crippen molar-refractivity contribution in [1.29, 1.82) is 0 Å². The van der Waals surface area contributed by atoms with Crippen molar-refractivity contribution in [1.82, 2.24) is 5.12 Å². The lowest BCUT2D eigenvalue weighted by Crippen LogP contribution is -2.34. The fraction of sp³-hybridized carbons (Fsp3) is 0.533. The molecule has 0 aromatic heterocycles. The van der Waals surface area contributed by atoms with Crippen LogP contribution >= 0.6 is 0 Å². The summed E-state index contributed by atoms with van der Waals surface area (Å²) < 4.78 is 13.5. The third-order valence-corrected chi connectivity index (χ3v) is 2.77. The van der Waals surface area contributed by atoms with Crippen molar-refractivity contribution < 1.29 is 9.28 Å². The van der Waals surface area contributed by atoms with Gasteiger partial charge in [0, 0.05) is 5.41 Å². The standard InChI is InChI=1S/C15H22FNO/c1-15(2,3)14(18)17(16)12-8-7-11-13-9-5-4-6-10-13/h4-6,9-10H,7-8,11-12H2,1-3H3. The van der Waals surface area contributed by atoms with E-state index in [-0.39, 0.29) is 6.54 Å². The Kier molecular flexibility index (Phi) is 5.32. The topological polar surface area (TPSA) is 20.3 Å². The molecule has 3 heteroatoms. The van der Waals surface area contributed by atoms with Gasteiger partial charge in [-0.25, -0.2) is 0 Å². The van der Waals surface area contributed by atoms with Crippen molar-refractivity contribution in [3.8, 4) is 0 Å². The zero-order valence-electron chi connectivity index (χ0n) is 11.4. The van der Waals surface area contributed by atoms with Crippen molar-refractivity contribution in [2.75, 3.05) is 6.54 Å². The Balaban J connectivity index is 2.24. The molecule has 0 radical (unpaired) electrons. The summed E-state index contributed by atoms with van der Waals surface area (Å²) in [7, 11) is 0. The number of rotatable bonds is 5. The second-order valence-corrected chi connectivity index (χ2v) is 5.58. The number of hydrogen-bond donors (Lipinski definition) is 0. The van der Waals surface area contributed by atoms with Gasteiger partial charge in [-0.3, -0.25) is 4.79 Å². The van der Waals surface area contributed by atoms with Crippen LogP contribution in [0, 0.1) is 5.41 Å². The molecule has 0 fully saturated rings. The third kappa shape index (κ3) is 4.86. The smallest absolute Gasteiger partial charge is 0.255 e. The number of carbonyl (C=O) groups is 1. The third-order valence-electron chi connectivity index (χ3n) is 2.77. The van der Waals surface area contributed by atoms with Crippen LogP contribution in [0.25, 0.3) is 0 Å². The first-order chi connectivity index (χ1) is 8.41. The number of aryl methyl sites for hydroxylation is 1.